The first kappa shape index (κ1) is 13.4. The highest BCUT2D eigenvalue weighted by Gasteiger charge is 2.29. The molecule has 0 atom stereocenters. The molecule has 0 aliphatic carbocycles. The minimum atomic E-state index is -0.327. The molecule has 0 N–H and O–H groups in total. The zero-order valence-corrected chi connectivity index (χ0v) is 10.7. The highest BCUT2D eigenvalue weighted by atomic mass is 16.5. The molecule has 1 saturated heterocycles. The molecule has 0 aromatic carbocycles. The first-order valence-electron chi connectivity index (χ1n) is 6.06. The van der Waals surface area contributed by atoms with Gasteiger partial charge >= 0.3 is 0 Å². The standard InChI is InChI=1S/C12H23N3O/c1-4-16-10-9-14-5-7-15(8-6-14)12(2,3)11-13/h4-10H2,1-3H3. The number of hydrogen-bond donors (Lipinski definition) is 0. The van der Waals surface area contributed by atoms with Crippen molar-refractivity contribution in [2.45, 2.75) is 26.3 Å². The summed E-state index contributed by atoms with van der Waals surface area (Å²) < 4.78 is 5.34. The van der Waals surface area contributed by atoms with Gasteiger partial charge in [-0.1, -0.05) is 0 Å². The van der Waals surface area contributed by atoms with Gasteiger partial charge in [-0.2, -0.15) is 5.26 Å². The second kappa shape index (κ2) is 6.19. The van der Waals surface area contributed by atoms with Crippen LogP contribution < -0.4 is 0 Å². The van der Waals surface area contributed by atoms with Crippen molar-refractivity contribution in [2.75, 3.05) is 45.9 Å². The van der Waals surface area contributed by atoms with Crippen LogP contribution in [0.4, 0.5) is 0 Å². The molecule has 4 heteroatoms. The lowest BCUT2D eigenvalue weighted by atomic mass is 10.0. The van der Waals surface area contributed by atoms with Crippen LogP contribution in [0, 0.1) is 11.3 Å². The van der Waals surface area contributed by atoms with Crippen LogP contribution in [0.1, 0.15) is 20.8 Å². The Bertz CT molecular complexity index is 239. The monoisotopic (exact) mass is 225 g/mol. The van der Waals surface area contributed by atoms with Gasteiger partial charge in [0, 0.05) is 39.3 Å². The van der Waals surface area contributed by atoms with Gasteiger partial charge in [-0.05, 0) is 20.8 Å². The molecular weight excluding hydrogens is 202 g/mol. The van der Waals surface area contributed by atoms with Gasteiger partial charge in [-0.25, -0.2) is 0 Å². The maximum atomic E-state index is 9.06. The van der Waals surface area contributed by atoms with Crippen LogP contribution in [0.5, 0.6) is 0 Å². The van der Waals surface area contributed by atoms with E-state index in [1.807, 2.05) is 20.8 Å². The van der Waals surface area contributed by atoms with Gasteiger partial charge in [-0.15, -0.1) is 0 Å². The lowest BCUT2D eigenvalue weighted by Crippen LogP contribution is -2.54. The molecule has 0 radical (unpaired) electrons. The van der Waals surface area contributed by atoms with E-state index in [9.17, 15) is 0 Å². The van der Waals surface area contributed by atoms with Crippen molar-refractivity contribution in [3.63, 3.8) is 0 Å². The van der Waals surface area contributed by atoms with Crippen molar-refractivity contribution in [1.29, 1.82) is 5.26 Å². The maximum Gasteiger partial charge on any atom is 0.103 e. The number of nitrogens with zero attached hydrogens (tertiary/aromatic N) is 3. The third-order valence-corrected chi connectivity index (χ3v) is 3.19. The van der Waals surface area contributed by atoms with Gasteiger partial charge < -0.3 is 4.74 Å². The molecular formula is C12H23N3O. The molecule has 0 bridgehead atoms. The summed E-state index contributed by atoms with van der Waals surface area (Å²) in [7, 11) is 0. The zero-order chi connectivity index (χ0) is 12.0. The summed E-state index contributed by atoms with van der Waals surface area (Å²) in [5.74, 6) is 0. The van der Waals surface area contributed by atoms with Crippen LogP contribution in [-0.2, 0) is 4.74 Å². The van der Waals surface area contributed by atoms with E-state index in [1.165, 1.54) is 0 Å². The van der Waals surface area contributed by atoms with Gasteiger partial charge in [-0.3, -0.25) is 9.80 Å². The number of ether oxygens (including phenoxy) is 1. The predicted molar refractivity (Wildman–Crippen MR) is 64.2 cm³/mol. The number of piperazine rings is 1. The molecule has 1 heterocycles. The highest BCUT2D eigenvalue weighted by Crippen LogP contribution is 2.15. The van der Waals surface area contributed by atoms with E-state index in [2.05, 4.69) is 15.9 Å². The Morgan fingerprint density at radius 2 is 1.88 bits per heavy atom. The van der Waals surface area contributed by atoms with Gasteiger partial charge in [0.1, 0.15) is 5.54 Å². The Kier molecular flexibility index (Phi) is 5.20. The lowest BCUT2D eigenvalue weighted by Gasteiger charge is -2.40. The molecule has 1 aliphatic rings. The summed E-state index contributed by atoms with van der Waals surface area (Å²) in [6.45, 7) is 12.7. The van der Waals surface area contributed by atoms with Crippen LogP contribution in [-0.4, -0.2) is 61.3 Å². The highest BCUT2D eigenvalue weighted by molar-refractivity contribution is 5.02. The summed E-state index contributed by atoms with van der Waals surface area (Å²) >= 11 is 0. The summed E-state index contributed by atoms with van der Waals surface area (Å²) in [6.07, 6.45) is 0. The molecule has 0 amide bonds. The van der Waals surface area contributed by atoms with Gasteiger partial charge in [0.15, 0.2) is 0 Å². The van der Waals surface area contributed by atoms with Crippen LogP contribution >= 0.6 is 0 Å². The first-order valence-corrected chi connectivity index (χ1v) is 6.06. The Morgan fingerprint density at radius 3 is 2.38 bits per heavy atom. The van der Waals surface area contributed by atoms with Crippen LogP contribution in [0.2, 0.25) is 0 Å². The summed E-state index contributed by atoms with van der Waals surface area (Å²) in [6, 6.07) is 2.36. The second-order valence-electron chi connectivity index (χ2n) is 4.70. The van der Waals surface area contributed by atoms with Gasteiger partial charge in [0.25, 0.3) is 0 Å². The van der Waals surface area contributed by atoms with Crippen molar-refractivity contribution in [3.8, 4) is 6.07 Å². The van der Waals surface area contributed by atoms with Crippen LogP contribution in [0.15, 0.2) is 0 Å². The maximum absolute atomic E-state index is 9.06. The smallest absolute Gasteiger partial charge is 0.103 e. The fourth-order valence-electron chi connectivity index (χ4n) is 1.94. The molecule has 0 aromatic heterocycles. The van der Waals surface area contributed by atoms with E-state index >= 15 is 0 Å². The largest absolute Gasteiger partial charge is 0.380 e. The molecule has 4 nitrogen and oxygen atoms in total. The van der Waals surface area contributed by atoms with Crippen molar-refractivity contribution < 1.29 is 4.74 Å². The van der Waals surface area contributed by atoms with E-state index in [0.29, 0.717) is 0 Å². The van der Waals surface area contributed by atoms with Crippen LogP contribution in [0.3, 0.4) is 0 Å². The van der Waals surface area contributed by atoms with Crippen molar-refractivity contribution in [2.24, 2.45) is 0 Å². The molecule has 16 heavy (non-hydrogen) atoms. The fraction of sp³-hybridized carbons (Fsp3) is 0.917. The normalized spacial score (nSPS) is 19.6. The Morgan fingerprint density at radius 1 is 1.25 bits per heavy atom. The fourth-order valence-corrected chi connectivity index (χ4v) is 1.94. The van der Waals surface area contributed by atoms with E-state index in [4.69, 9.17) is 10.00 Å². The van der Waals surface area contributed by atoms with E-state index in [0.717, 1.165) is 45.9 Å². The van der Waals surface area contributed by atoms with Gasteiger partial charge in [0.2, 0.25) is 0 Å². The number of nitriles is 1. The van der Waals surface area contributed by atoms with Crippen molar-refractivity contribution >= 4 is 0 Å². The molecule has 0 unspecified atom stereocenters. The minimum Gasteiger partial charge on any atom is -0.380 e. The summed E-state index contributed by atoms with van der Waals surface area (Å²) in [5, 5.41) is 9.06. The van der Waals surface area contributed by atoms with E-state index in [-0.39, 0.29) is 5.54 Å². The SMILES string of the molecule is CCOCCN1CCN(C(C)(C)C#N)CC1. The third kappa shape index (κ3) is 3.75. The molecule has 1 aliphatic heterocycles. The van der Waals surface area contributed by atoms with E-state index < -0.39 is 0 Å². The molecule has 0 saturated carbocycles. The minimum absolute atomic E-state index is 0.327. The van der Waals surface area contributed by atoms with Crippen LogP contribution in [0.25, 0.3) is 0 Å². The Labute approximate surface area is 98.8 Å². The molecule has 1 fully saturated rings. The van der Waals surface area contributed by atoms with Crippen molar-refractivity contribution in [3.05, 3.63) is 0 Å². The average Bonchev–Trinajstić information content (AvgIpc) is 2.30. The quantitative estimate of drug-likeness (QED) is 0.653. The number of rotatable bonds is 5. The third-order valence-electron chi connectivity index (χ3n) is 3.19. The van der Waals surface area contributed by atoms with E-state index in [1.54, 1.807) is 0 Å². The molecule has 0 spiro atoms. The first-order chi connectivity index (χ1) is 7.60. The molecule has 1 rings (SSSR count). The summed E-state index contributed by atoms with van der Waals surface area (Å²) in [4.78, 5) is 4.66. The average molecular weight is 225 g/mol. The molecule has 92 valence electrons. The lowest BCUT2D eigenvalue weighted by molar-refractivity contribution is 0.0552. The Hall–Kier alpha value is -0.630. The van der Waals surface area contributed by atoms with Crippen molar-refractivity contribution in [1.82, 2.24) is 9.80 Å². The predicted octanol–water partition coefficient (Wildman–Crippen LogP) is 0.943. The number of hydrogen-bond acceptors (Lipinski definition) is 4. The zero-order valence-electron chi connectivity index (χ0n) is 10.7. The van der Waals surface area contributed by atoms with Gasteiger partial charge in [0.05, 0.1) is 12.7 Å². The summed E-state index contributed by atoms with van der Waals surface area (Å²) in [5.41, 5.74) is -0.327. The Balaban J connectivity index is 2.26. The second-order valence-corrected chi connectivity index (χ2v) is 4.70. The molecule has 0 aromatic rings. The topological polar surface area (TPSA) is 39.5 Å².